The first-order valence-electron chi connectivity index (χ1n) is 7.90. The van der Waals surface area contributed by atoms with Gasteiger partial charge in [0.25, 0.3) is 0 Å². The second kappa shape index (κ2) is 4.61. The summed E-state index contributed by atoms with van der Waals surface area (Å²) in [6.45, 7) is 4.73. The molecule has 0 spiro atoms. The Morgan fingerprint density at radius 2 is 2.10 bits per heavy atom. The number of hydrogen-bond acceptors (Lipinski definition) is 1. The highest BCUT2D eigenvalue weighted by molar-refractivity contribution is 6.30. The van der Waals surface area contributed by atoms with Crippen molar-refractivity contribution in [2.45, 2.75) is 51.9 Å². The van der Waals surface area contributed by atoms with E-state index in [0.29, 0.717) is 11.3 Å². The van der Waals surface area contributed by atoms with Crippen molar-refractivity contribution in [1.82, 2.24) is 9.78 Å². The van der Waals surface area contributed by atoms with E-state index < -0.39 is 0 Å². The summed E-state index contributed by atoms with van der Waals surface area (Å²) < 4.78 is 2.16. The molecule has 0 radical (unpaired) electrons. The van der Waals surface area contributed by atoms with Crippen LogP contribution < -0.4 is 0 Å². The van der Waals surface area contributed by atoms with Crippen LogP contribution >= 0.6 is 11.6 Å². The van der Waals surface area contributed by atoms with Gasteiger partial charge in [0.05, 0.1) is 11.4 Å². The van der Waals surface area contributed by atoms with Gasteiger partial charge in [-0.1, -0.05) is 31.5 Å². The maximum absolute atomic E-state index is 6.17. The lowest BCUT2D eigenvalue weighted by atomic mass is 9.76. The van der Waals surface area contributed by atoms with E-state index in [2.05, 4.69) is 24.6 Å². The summed E-state index contributed by atoms with van der Waals surface area (Å²) in [4.78, 5) is 0. The van der Waals surface area contributed by atoms with Crippen molar-refractivity contribution in [1.29, 1.82) is 0 Å². The van der Waals surface area contributed by atoms with Crippen LogP contribution in [-0.4, -0.2) is 9.78 Å². The summed E-state index contributed by atoms with van der Waals surface area (Å²) in [7, 11) is 0. The van der Waals surface area contributed by atoms with E-state index in [9.17, 15) is 0 Å². The minimum atomic E-state index is 0.365. The largest absolute Gasteiger partial charge is 0.237 e. The highest BCUT2D eigenvalue weighted by Gasteiger charge is 2.36. The lowest BCUT2D eigenvalue weighted by Crippen LogP contribution is -2.23. The predicted octanol–water partition coefficient (Wildman–Crippen LogP) is 4.92. The SMILES string of the molecule is CC1(C)CCc2c(C3CC3)nn(-c3cccc(Cl)c3)c2C1. The lowest BCUT2D eigenvalue weighted by Gasteiger charge is -2.30. The van der Waals surface area contributed by atoms with Crippen molar-refractivity contribution >= 4 is 11.6 Å². The molecule has 21 heavy (non-hydrogen) atoms. The maximum Gasteiger partial charge on any atom is 0.0694 e. The molecule has 2 aliphatic rings. The molecule has 0 amide bonds. The molecule has 3 heteroatoms. The summed E-state index contributed by atoms with van der Waals surface area (Å²) in [5.41, 5.74) is 5.76. The van der Waals surface area contributed by atoms with E-state index in [1.54, 1.807) is 0 Å². The molecule has 1 aromatic heterocycles. The normalized spacial score (nSPS) is 20.3. The van der Waals surface area contributed by atoms with Gasteiger partial charge < -0.3 is 0 Å². The summed E-state index contributed by atoms with van der Waals surface area (Å²) in [5, 5.41) is 5.77. The number of hydrogen-bond donors (Lipinski definition) is 0. The molecular weight excluding hydrogens is 280 g/mol. The van der Waals surface area contributed by atoms with Crippen LogP contribution in [0.1, 0.15) is 56.0 Å². The molecule has 0 unspecified atom stereocenters. The van der Waals surface area contributed by atoms with E-state index >= 15 is 0 Å². The zero-order valence-electron chi connectivity index (χ0n) is 12.7. The van der Waals surface area contributed by atoms with Gasteiger partial charge in [-0.3, -0.25) is 0 Å². The summed E-state index contributed by atoms with van der Waals surface area (Å²) in [6.07, 6.45) is 6.16. The number of benzene rings is 1. The lowest BCUT2D eigenvalue weighted by molar-refractivity contribution is 0.309. The molecule has 0 bridgehead atoms. The fourth-order valence-corrected chi connectivity index (χ4v) is 3.65. The molecule has 110 valence electrons. The van der Waals surface area contributed by atoms with Gasteiger partial charge in [-0.25, -0.2) is 4.68 Å². The molecule has 4 rings (SSSR count). The van der Waals surface area contributed by atoms with Gasteiger partial charge in [-0.2, -0.15) is 5.10 Å². The standard InChI is InChI=1S/C18H21ClN2/c1-18(2)9-8-15-16(11-18)21(20-17(15)12-6-7-12)14-5-3-4-13(19)10-14/h3-5,10,12H,6-9,11H2,1-2H3. The number of fused-ring (bicyclic) bond motifs is 1. The van der Waals surface area contributed by atoms with Crippen molar-refractivity contribution in [3.63, 3.8) is 0 Å². The Kier molecular flexibility index (Phi) is 2.94. The van der Waals surface area contributed by atoms with E-state index in [1.165, 1.54) is 42.6 Å². The van der Waals surface area contributed by atoms with E-state index in [-0.39, 0.29) is 0 Å². The van der Waals surface area contributed by atoms with Gasteiger partial charge in [0.1, 0.15) is 0 Å². The van der Waals surface area contributed by atoms with Gasteiger partial charge in [0, 0.05) is 16.6 Å². The molecule has 0 atom stereocenters. The zero-order chi connectivity index (χ0) is 14.6. The molecule has 0 N–H and O–H groups in total. The van der Waals surface area contributed by atoms with Gasteiger partial charge >= 0.3 is 0 Å². The van der Waals surface area contributed by atoms with Crippen LogP contribution in [0.15, 0.2) is 24.3 Å². The number of rotatable bonds is 2. The third-order valence-electron chi connectivity index (χ3n) is 4.84. The number of nitrogens with zero attached hydrogens (tertiary/aromatic N) is 2. The zero-order valence-corrected chi connectivity index (χ0v) is 13.5. The molecule has 1 fully saturated rings. The summed E-state index contributed by atoms with van der Waals surface area (Å²) in [5.74, 6) is 0.709. The van der Waals surface area contributed by atoms with Crippen molar-refractivity contribution < 1.29 is 0 Å². The van der Waals surface area contributed by atoms with Crippen molar-refractivity contribution in [2.24, 2.45) is 5.41 Å². The minimum Gasteiger partial charge on any atom is -0.237 e. The van der Waals surface area contributed by atoms with E-state index in [1.807, 2.05) is 18.2 Å². The second-order valence-corrected chi connectivity index (χ2v) is 7.75. The van der Waals surface area contributed by atoms with Crippen LogP contribution in [0.2, 0.25) is 5.02 Å². The molecular formula is C18H21ClN2. The van der Waals surface area contributed by atoms with Crippen LogP contribution in [0.5, 0.6) is 0 Å². The van der Waals surface area contributed by atoms with Crippen molar-refractivity contribution in [3.05, 3.63) is 46.2 Å². The Morgan fingerprint density at radius 1 is 1.29 bits per heavy atom. The van der Waals surface area contributed by atoms with Gasteiger partial charge in [-0.15, -0.1) is 0 Å². The molecule has 1 heterocycles. The monoisotopic (exact) mass is 300 g/mol. The Balaban J connectivity index is 1.87. The van der Waals surface area contributed by atoms with Gasteiger partial charge in [0.15, 0.2) is 0 Å². The van der Waals surface area contributed by atoms with Gasteiger partial charge in [0.2, 0.25) is 0 Å². The van der Waals surface area contributed by atoms with Crippen LogP contribution in [0.4, 0.5) is 0 Å². The second-order valence-electron chi connectivity index (χ2n) is 7.32. The highest BCUT2D eigenvalue weighted by atomic mass is 35.5. The summed E-state index contributed by atoms with van der Waals surface area (Å²) >= 11 is 6.17. The van der Waals surface area contributed by atoms with E-state index in [0.717, 1.165) is 17.1 Å². The Morgan fingerprint density at radius 3 is 2.81 bits per heavy atom. The smallest absolute Gasteiger partial charge is 0.0694 e. The fourth-order valence-electron chi connectivity index (χ4n) is 3.47. The van der Waals surface area contributed by atoms with Crippen LogP contribution in [0.3, 0.4) is 0 Å². The predicted molar refractivity (Wildman–Crippen MR) is 86.4 cm³/mol. The van der Waals surface area contributed by atoms with Crippen LogP contribution in [-0.2, 0) is 12.8 Å². The first kappa shape index (κ1) is 13.4. The number of halogens is 1. The third kappa shape index (κ3) is 2.40. The summed E-state index contributed by atoms with van der Waals surface area (Å²) in [6, 6.07) is 8.06. The van der Waals surface area contributed by atoms with Crippen molar-refractivity contribution in [3.8, 4) is 5.69 Å². The maximum atomic E-state index is 6.17. The molecule has 1 aromatic carbocycles. The molecule has 0 saturated heterocycles. The van der Waals surface area contributed by atoms with Crippen LogP contribution in [0.25, 0.3) is 5.69 Å². The Bertz CT molecular complexity index is 695. The molecule has 2 aliphatic carbocycles. The Hall–Kier alpha value is -1.28. The quantitative estimate of drug-likeness (QED) is 0.770. The highest BCUT2D eigenvalue weighted by Crippen LogP contribution is 2.46. The fraction of sp³-hybridized carbons (Fsp3) is 0.500. The Labute approximate surface area is 131 Å². The van der Waals surface area contributed by atoms with Gasteiger partial charge in [-0.05, 0) is 61.3 Å². The number of aromatic nitrogens is 2. The molecule has 2 nitrogen and oxygen atoms in total. The third-order valence-corrected chi connectivity index (χ3v) is 5.07. The molecule has 1 saturated carbocycles. The van der Waals surface area contributed by atoms with E-state index in [4.69, 9.17) is 16.7 Å². The van der Waals surface area contributed by atoms with Crippen molar-refractivity contribution in [2.75, 3.05) is 0 Å². The first-order chi connectivity index (χ1) is 10.0. The molecule has 2 aromatic rings. The molecule has 0 aliphatic heterocycles. The van der Waals surface area contributed by atoms with Crippen LogP contribution in [0, 0.1) is 5.41 Å². The average Bonchev–Trinajstić information content (AvgIpc) is 3.20. The average molecular weight is 301 g/mol. The minimum absolute atomic E-state index is 0.365. The first-order valence-corrected chi connectivity index (χ1v) is 8.28. The topological polar surface area (TPSA) is 17.8 Å².